The number of ketones is 1. The zero-order valence-electron chi connectivity index (χ0n) is 17.9. The minimum absolute atomic E-state index is 0.0134. The largest absolute Gasteiger partial charge is 0.391 e. The van der Waals surface area contributed by atoms with Gasteiger partial charge in [0.05, 0.1) is 27.6 Å². The fourth-order valence-electron chi connectivity index (χ4n) is 4.18. The number of hydrogen-bond acceptors (Lipinski definition) is 9. The number of hydrogen-bond donors (Lipinski definition) is 3. The van der Waals surface area contributed by atoms with Crippen molar-refractivity contribution in [2.75, 3.05) is 23.7 Å². The van der Waals surface area contributed by atoms with Gasteiger partial charge in [0.15, 0.2) is 5.78 Å². The minimum atomic E-state index is -0.772. The molecule has 1 aliphatic heterocycles. The summed E-state index contributed by atoms with van der Waals surface area (Å²) in [7, 11) is 0. The molecule has 0 spiro atoms. The third-order valence-corrected chi connectivity index (χ3v) is 7.72. The van der Waals surface area contributed by atoms with Crippen LogP contribution >= 0.6 is 22.7 Å². The van der Waals surface area contributed by atoms with E-state index in [0.29, 0.717) is 25.1 Å². The Morgan fingerprint density at radius 2 is 2.03 bits per heavy atom. The first-order valence-electron chi connectivity index (χ1n) is 10.6. The topological polar surface area (TPSA) is 118 Å². The Labute approximate surface area is 201 Å². The van der Waals surface area contributed by atoms with Crippen molar-refractivity contribution in [3.8, 4) is 10.6 Å². The van der Waals surface area contributed by atoms with Crippen LogP contribution < -0.4 is 16.4 Å². The molecule has 0 aliphatic carbocycles. The maximum Gasteiger partial charge on any atom is 0.188 e. The zero-order chi connectivity index (χ0) is 24.0. The van der Waals surface area contributed by atoms with Gasteiger partial charge in [0.1, 0.15) is 27.3 Å². The van der Waals surface area contributed by atoms with E-state index in [1.165, 1.54) is 17.4 Å². The van der Waals surface area contributed by atoms with Crippen LogP contribution in [0.15, 0.2) is 35.8 Å². The Morgan fingerprint density at radius 1 is 1.26 bits per heavy atom. The Balaban J connectivity index is 1.50. The summed E-state index contributed by atoms with van der Waals surface area (Å²) in [6.07, 6.45) is 1.55. The predicted molar refractivity (Wildman–Crippen MR) is 130 cm³/mol. The lowest BCUT2D eigenvalue weighted by molar-refractivity contribution is 0.0989. The number of aliphatic hydroxyl groups excluding tert-OH is 1. The fourth-order valence-corrected chi connectivity index (χ4v) is 6.03. The summed E-state index contributed by atoms with van der Waals surface area (Å²) in [6, 6.07) is 5.02. The Hall–Kier alpha value is -2.99. The molecular weight excluding hydrogens is 480 g/mol. The lowest BCUT2D eigenvalue weighted by Crippen LogP contribution is -2.51. The van der Waals surface area contributed by atoms with Crippen molar-refractivity contribution in [1.29, 1.82) is 0 Å². The van der Waals surface area contributed by atoms with Crippen molar-refractivity contribution in [2.24, 2.45) is 5.73 Å². The maximum atomic E-state index is 14.2. The quantitative estimate of drug-likeness (QED) is 0.358. The summed E-state index contributed by atoms with van der Waals surface area (Å²) < 4.78 is 29.4. The zero-order valence-corrected chi connectivity index (χ0v) is 19.5. The number of carbonyl (C=O) groups is 1. The third kappa shape index (κ3) is 4.05. The van der Waals surface area contributed by atoms with Crippen LogP contribution in [0.2, 0.25) is 0 Å². The highest BCUT2D eigenvalue weighted by molar-refractivity contribution is 7.19. The second-order valence-corrected chi connectivity index (χ2v) is 10.1. The van der Waals surface area contributed by atoms with Crippen molar-refractivity contribution < 1.29 is 18.7 Å². The van der Waals surface area contributed by atoms with Gasteiger partial charge in [-0.1, -0.05) is 17.4 Å². The Morgan fingerprint density at radius 3 is 2.76 bits per heavy atom. The summed E-state index contributed by atoms with van der Waals surface area (Å²) in [5, 5.41) is 12.1. The van der Waals surface area contributed by atoms with Crippen LogP contribution in [0.5, 0.6) is 0 Å². The molecule has 0 bridgehead atoms. The van der Waals surface area contributed by atoms with Gasteiger partial charge >= 0.3 is 0 Å². The number of benzene rings is 1. The summed E-state index contributed by atoms with van der Waals surface area (Å²) in [5.74, 6) is -1.92. The number of pyridine rings is 1. The number of aromatic nitrogens is 2. The van der Waals surface area contributed by atoms with Crippen molar-refractivity contribution in [3.05, 3.63) is 58.7 Å². The third-order valence-electron chi connectivity index (χ3n) is 5.90. The van der Waals surface area contributed by atoms with E-state index < -0.39 is 23.8 Å². The van der Waals surface area contributed by atoms with Crippen molar-refractivity contribution in [1.82, 2.24) is 9.97 Å². The first-order valence-corrected chi connectivity index (χ1v) is 12.3. The van der Waals surface area contributed by atoms with Crippen LogP contribution in [-0.4, -0.2) is 46.1 Å². The van der Waals surface area contributed by atoms with Crippen LogP contribution in [0.4, 0.5) is 19.5 Å². The maximum absolute atomic E-state index is 14.2. The highest BCUT2D eigenvalue weighted by Crippen LogP contribution is 2.37. The van der Waals surface area contributed by atoms with Crippen molar-refractivity contribution in [3.63, 3.8) is 0 Å². The highest BCUT2D eigenvalue weighted by atomic mass is 32.1. The number of thiazole rings is 1. The predicted octanol–water partition coefficient (Wildman–Crippen LogP) is 3.60. The molecule has 0 unspecified atom stereocenters. The normalized spacial score (nSPS) is 18.5. The molecular formula is C23H21F2N5O2S2. The molecule has 5 rings (SSSR count). The van der Waals surface area contributed by atoms with Crippen LogP contribution in [0.25, 0.3) is 20.8 Å². The molecule has 5 N–H and O–H groups in total. The molecule has 1 saturated heterocycles. The Bertz CT molecular complexity index is 1370. The van der Waals surface area contributed by atoms with Crippen LogP contribution in [0.3, 0.4) is 0 Å². The summed E-state index contributed by atoms with van der Waals surface area (Å²) in [5.41, 5.74) is 14.2. The lowest BCUT2D eigenvalue weighted by Gasteiger charge is -2.36. The number of rotatable bonds is 5. The summed E-state index contributed by atoms with van der Waals surface area (Å²) in [4.78, 5) is 24.0. The molecule has 34 heavy (non-hydrogen) atoms. The number of anilines is 2. The number of fused-ring (bicyclic) bond motifs is 1. The number of thiophene rings is 1. The number of nitrogen functional groups attached to an aromatic ring is 1. The van der Waals surface area contributed by atoms with Gasteiger partial charge in [0.2, 0.25) is 0 Å². The summed E-state index contributed by atoms with van der Waals surface area (Å²) >= 11 is 2.38. The number of nitrogens with two attached hydrogens (primary N) is 2. The highest BCUT2D eigenvalue weighted by Gasteiger charge is 2.29. The van der Waals surface area contributed by atoms with Gasteiger partial charge in [-0.05, 0) is 30.0 Å². The lowest BCUT2D eigenvalue weighted by atomic mass is 10.00. The van der Waals surface area contributed by atoms with Gasteiger partial charge < -0.3 is 21.5 Å². The average molecular weight is 502 g/mol. The molecule has 1 aromatic carbocycles. The van der Waals surface area contributed by atoms with Gasteiger partial charge in [0, 0.05) is 37.3 Å². The Kier molecular flexibility index (Phi) is 6.02. The molecule has 7 nitrogen and oxygen atoms in total. The first-order chi connectivity index (χ1) is 16.3. The van der Waals surface area contributed by atoms with Gasteiger partial charge in [0.25, 0.3) is 0 Å². The molecule has 0 saturated carbocycles. The number of Topliss-reactive ketones (excluding diaryl/α,β-unsaturated/α-hetero) is 1. The van der Waals surface area contributed by atoms with E-state index in [-0.39, 0.29) is 33.5 Å². The molecule has 4 aromatic rings. The number of piperidine rings is 1. The number of nitrogens with zero attached hydrogens (tertiary/aromatic N) is 3. The molecule has 1 aliphatic rings. The van der Waals surface area contributed by atoms with Crippen molar-refractivity contribution >= 4 is 49.4 Å². The van der Waals surface area contributed by atoms with Crippen LogP contribution in [0, 0.1) is 11.6 Å². The van der Waals surface area contributed by atoms with E-state index in [9.17, 15) is 18.7 Å². The van der Waals surface area contributed by atoms with E-state index >= 15 is 0 Å². The SMILES string of the molecule is Nc1sc(-c2c(F)cccc2F)nc1C(=O)Cc1cnc2ccsc2c1N1CC[C@@H](O)[C@H](N)C1. The number of halogens is 2. The van der Waals surface area contributed by atoms with E-state index in [2.05, 4.69) is 14.9 Å². The van der Waals surface area contributed by atoms with Crippen molar-refractivity contribution in [2.45, 2.75) is 25.0 Å². The molecule has 4 heterocycles. The monoisotopic (exact) mass is 501 g/mol. The molecule has 1 fully saturated rings. The van der Waals surface area contributed by atoms with E-state index in [4.69, 9.17) is 11.5 Å². The van der Waals surface area contributed by atoms with Gasteiger partial charge in [-0.2, -0.15) is 0 Å². The second-order valence-electron chi connectivity index (χ2n) is 8.16. The molecule has 2 atom stereocenters. The van der Waals surface area contributed by atoms with Crippen LogP contribution in [-0.2, 0) is 6.42 Å². The molecule has 11 heteroatoms. The number of carbonyl (C=O) groups excluding carboxylic acids is 1. The van der Waals surface area contributed by atoms with Crippen LogP contribution in [0.1, 0.15) is 22.5 Å². The molecule has 176 valence electrons. The number of aliphatic hydroxyl groups is 1. The van der Waals surface area contributed by atoms with E-state index in [1.807, 2.05) is 11.4 Å². The van der Waals surface area contributed by atoms with Gasteiger partial charge in [-0.15, -0.1) is 11.3 Å². The smallest absolute Gasteiger partial charge is 0.188 e. The summed E-state index contributed by atoms with van der Waals surface area (Å²) in [6.45, 7) is 1.03. The molecule has 3 aromatic heterocycles. The first kappa shape index (κ1) is 22.8. The molecule has 0 radical (unpaired) electrons. The minimum Gasteiger partial charge on any atom is -0.391 e. The van der Waals surface area contributed by atoms with E-state index in [1.54, 1.807) is 6.20 Å². The fraction of sp³-hybridized carbons (Fsp3) is 0.261. The average Bonchev–Trinajstić information content (AvgIpc) is 3.42. The van der Waals surface area contributed by atoms with Gasteiger partial charge in [-0.25, -0.2) is 13.8 Å². The van der Waals surface area contributed by atoms with E-state index in [0.717, 1.165) is 39.4 Å². The molecule has 0 amide bonds. The standard InChI is InChI=1S/C23H21F2N5O2S2/c24-12-2-1-3-13(25)18(12)23-29-19(22(27)34-23)17(32)8-11-9-28-15-5-7-33-21(15)20(11)30-6-4-16(31)14(26)10-30/h1-3,5,7,9,14,16,31H,4,6,8,10,26-27H2/t14-,16-/m1/s1. The van der Waals surface area contributed by atoms with Gasteiger partial charge in [-0.3, -0.25) is 9.78 Å². The second kappa shape index (κ2) is 8.99.